The van der Waals surface area contributed by atoms with Gasteiger partial charge in [0.05, 0.1) is 19.3 Å². The van der Waals surface area contributed by atoms with Crippen LogP contribution in [0, 0.1) is 0 Å². The van der Waals surface area contributed by atoms with E-state index in [0.29, 0.717) is 0 Å². The van der Waals surface area contributed by atoms with Crippen LogP contribution in [0.3, 0.4) is 0 Å². The highest BCUT2D eigenvalue weighted by Crippen LogP contribution is 2.33. The molecule has 0 spiro atoms. The van der Waals surface area contributed by atoms with Gasteiger partial charge in [0.2, 0.25) is 0 Å². The summed E-state index contributed by atoms with van der Waals surface area (Å²) in [5, 5.41) is 3.58. The minimum atomic E-state index is 0.174. The number of benzene rings is 2. The molecule has 1 aliphatic heterocycles. The van der Waals surface area contributed by atoms with Crippen molar-refractivity contribution >= 4 is 31.9 Å². The van der Waals surface area contributed by atoms with Crippen molar-refractivity contribution in [3.05, 3.63) is 67.6 Å². The van der Waals surface area contributed by atoms with Crippen molar-refractivity contribution < 1.29 is 4.74 Å². The van der Waals surface area contributed by atoms with E-state index in [9.17, 15) is 0 Å². The topological polar surface area (TPSA) is 21.3 Å². The quantitative estimate of drug-likeness (QED) is 0.770. The molecule has 0 saturated carbocycles. The first-order valence-corrected chi connectivity index (χ1v) is 8.65. The third kappa shape index (κ3) is 3.24. The lowest BCUT2D eigenvalue weighted by Crippen LogP contribution is -2.22. The minimum Gasteiger partial charge on any atom is -0.372 e. The molecule has 0 radical (unpaired) electrons. The van der Waals surface area contributed by atoms with E-state index in [2.05, 4.69) is 74.4 Å². The van der Waals surface area contributed by atoms with E-state index in [4.69, 9.17) is 4.74 Å². The molecule has 0 bridgehead atoms. The van der Waals surface area contributed by atoms with Crippen LogP contribution >= 0.6 is 31.9 Å². The Morgan fingerprint density at radius 2 is 1.90 bits per heavy atom. The van der Waals surface area contributed by atoms with Crippen LogP contribution in [-0.2, 0) is 18.0 Å². The van der Waals surface area contributed by atoms with Crippen molar-refractivity contribution in [3.63, 3.8) is 0 Å². The first-order valence-electron chi connectivity index (χ1n) is 7.07. The van der Waals surface area contributed by atoms with Gasteiger partial charge in [0, 0.05) is 8.95 Å². The van der Waals surface area contributed by atoms with Gasteiger partial charge >= 0.3 is 0 Å². The van der Waals surface area contributed by atoms with Gasteiger partial charge in [-0.1, -0.05) is 57.0 Å². The maximum atomic E-state index is 5.52. The number of hydrogen-bond acceptors (Lipinski definition) is 2. The largest absolute Gasteiger partial charge is 0.372 e. The average molecular weight is 411 g/mol. The van der Waals surface area contributed by atoms with Crippen molar-refractivity contribution in [2.45, 2.75) is 26.2 Å². The van der Waals surface area contributed by atoms with Gasteiger partial charge in [-0.25, -0.2) is 0 Å². The molecule has 21 heavy (non-hydrogen) atoms. The van der Waals surface area contributed by atoms with Gasteiger partial charge in [-0.15, -0.1) is 0 Å². The molecule has 1 N–H and O–H groups in total. The molecule has 0 saturated heterocycles. The summed E-state index contributed by atoms with van der Waals surface area (Å²) in [6.07, 6.45) is 0. The summed E-state index contributed by atoms with van der Waals surface area (Å²) >= 11 is 7.24. The number of ether oxygens (including phenoxy) is 1. The normalized spacial score (nSPS) is 15.0. The van der Waals surface area contributed by atoms with E-state index >= 15 is 0 Å². The predicted octanol–water partition coefficient (Wildman–Crippen LogP) is 4.94. The zero-order valence-corrected chi connectivity index (χ0v) is 15.0. The molecule has 4 heteroatoms. The van der Waals surface area contributed by atoms with E-state index in [1.165, 1.54) is 22.3 Å². The van der Waals surface area contributed by atoms with Gasteiger partial charge in [-0.05, 0) is 47.0 Å². The molecule has 2 aromatic rings. The third-order valence-corrected chi connectivity index (χ3v) is 4.97. The van der Waals surface area contributed by atoms with Crippen LogP contribution in [0.1, 0.15) is 35.2 Å². The predicted molar refractivity (Wildman–Crippen MR) is 92.3 cm³/mol. The first-order chi connectivity index (χ1) is 10.2. The summed E-state index contributed by atoms with van der Waals surface area (Å²) in [5.74, 6) is 0. The fraction of sp³-hybridized carbons (Fsp3) is 0.294. The summed E-state index contributed by atoms with van der Waals surface area (Å²) in [5.41, 5.74) is 5.13. The summed E-state index contributed by atoms with van der Waals surface area (Å²) in [6, 6.07) is 13.1. The van der Waals surface area contributed by atoms with Crippen LogP contribution in [0.5, 0.6) is 0 Å². The Morgan fingerprint density at radius 3 is 2.71 bits per heavy atom. The number of hydrogen-bond donors (Lipinski definition) is 1. The van der Waals surface area contributed by atoms with Crippen LogP contribution < -0.4 is 5.32 Å². The van der Waals surface area contributed by atoms with E-state index < -0.39 is 0 Å². The van der Waals surface area contributed by atoms with Gasteiger partial charge in [0.1, 0.15) is 0 Å². The molecule has 3 rings (SSSR count). The smallest absolute Gasteiger partial charge is 0.0725 e. The molecule has 2 nitrogen and oxygen atoms in total. The Labute approximate surface area is 142 Å². The second kappa shape index (κ2) is 6.61. The maximum absolute atomic E-state index is 5.52. The van der Waals surface area contributed by atoms with Gasteiger partial charge in [-0.2, -0.15) is 0 Å². The lowest BCUT2D eigenvalue weighted by atomic mass is 9.95. The summed E-state index contributed by atoms with van der Waals surface area (Å²) in [4.78, 5) is 0. The van der Waals surface area contributed by atoms with Gasteiger partial charge < -0.3 is 10.1 Å². The van der Waals surface area contributed by atoms with Crippen molar-refractivity contribution in [1.29, 1.82) is 0 Å². The molecular formula is C17H17Br2NO. The van der Waals surface area contributed by atoms with E-state index in [1.54, 1.807) is 0 Å². The van der Waals surface area contributed by atoms with E-state index in [-0.39, 0.29) is 6.04 Å². The highest BCUT2D eigenvalue weighted by atomic mass is 79.9. The number of halogens is 2. The zero-order chi connectivity index (χ0) is 14.8. The lowest BCUT2D eigenvalue weighted by Gasteiger charge is -2.21. The SMILES string of the molecule is CCNC(c1ccc2c(c1)COC2)c1cc(Br)ccc1Br. The Hall–Kier alpha value is -0.680. The summed E-state index contributed by atoms with van der Waals surface area (Å²) in [6.45, 7) is 4.51. The van der Waals surface area contributed by atoms with Crippen LogP contribution in [0.15, 0.2) is 45.3 Å². The van der Waals surface area contributed by atoms with Crippen molar-refractivity contribution in [3.8, 4) is 0 Å². The molecule has 0 amide bonds. The van der Waals surface area contributed by atoms with Crippen LogP contribution in [0.4, 0.5) is 0 Å². The highest BCUT2D eigenvalue weighted by Gasteiger charge is 2.19. The third-order valence-electron chi connectivity index (χ3n) is 3.76. The highest BCUT2D eigenvalue weighted by molar-refractivity contribution is 9.11. The molecular weight excluding hydrogens is 394 g/mol. The fourth-order valence-electron chi connectivity index (χ4n) is 2.72. The Balaban J connectivity index is 2.03. The van der Waals surface area contributed by atoms with Crippen LogP contribution in [-0.4, -0.2) is 6.54 Å². The average Bonchev–Trinajstić information content (AvgIpc) is 2.95. The van der Waals surface area contributed by atoms with E-state index in [1.807, 2.05) is 6.07 Å². The molecule has 1 unspecified atom stereocenters. The van der Waals surface area contributed by atoms with Crippen molar-refractivity contribution in [2.75, 3.05) is 6.54 Å². The molecule has 0 aromatic heterocycles. The number of nitrogens with one attached hydrogen (secondary N) is 1. The second-order valence-corrected chi connectivity index (χ2v) is 6.95. The Morgan fingerprint density at radius 1 is 1.10 bits per heavy atom. The molecule has 0 aliphatic carbocycles. The minimum absolute atomic E-state index is 0.174. The monoisotopic (exact) mass is 409 g/mol. The van der Waals surface area contributed by atoms with Gasteiger partial charge in [0.25, 0.3) is 0 Å². The molecule has 2 aromatic carbocycles. The molecule has 110 valence electrons. The number of fused-ring (bicyclic) bond motifs is 1. The Bertz CT molecular complexity index is 657. The Kier molecular flexibility index (Phi) is 4.79. The van der Waals surface area contributed by atoms with Gasteiger partial charge in [-0.3, -0.25) is 0 Å². The summed E-state index contributed by atoms with van der Waals surface area (Å²) in [7, 11) is 0. The fourth-order valence-corrected chi connectivity index (χ4v) is 3.57. The lowest BCUT2D eigenvalue weighted by molar-refractivity contribution is 0.134. The molecule has 1 aliphatic rings. The standard InChI is InChI=1S/C17H17Br2NO/c1-2-20-17(15-8-14(18)5-6-16(15)19)11-3-4-12-9-21-10-13(12)7-11/h3-8,17,20H,2,9-10H2,1H3. The summed E-state index contributed by atoms with van der Waals surface area (Å²) < 4.78 is 7.73. The van der Waals surface area contributed by atoms with Gasteiger partial charge in [0.15, 0.2) is 0 Å². The molecule has 0 fully saturated rings. The first kappa shape index (κ1) is 15.2. The zero-order valence-electron chi connectivity index (χ0n) is 11.8. The molecule has 1 heterocycles. The number of rotatable bonds is 4. The van der Waals surface area contributed by atoms with Crippen LogP contribution in [0.25, 0.3) is 0 Å². The van der Waals surface area contributed by atoms with E-state index in [0.717, 1.165) is 28.7 Å². The molecule has 1 atom stereocenters. The van der Waals surface area contributed by atoms with Crippen molar-refractivity contribution in [2.24, 2.45) is 0 Å². The van der Waals surface area contributed by atoms with Crippen LogP contribution in [0.2, 0.25) is 0 Å². The maximum Gasteiger partial charge on any atom is 0.0725 e. The second-order valence-electron chi connectivity index (χ2n) is 5.18. The van der Waals surface area contributed by atoms with Crippen molar-refractivity contribution in [1.82, 2.24) is 5.32 Å².